The van der Waals surface area contributed by atoms with E-state index in [0.717, 1.165) is 51.6 Å². The van der Waals surface area contributed by atoms with Crippen molar-refractivity contribution in [3.63, 3.8) is 0 Å². The normalized spacial score (nSPS) is 16.2. The molecule has 0 spiro atoms. The molecule has 0 radical (unpaired) electrons. The number of carbonyl (C=O) groups excluding carboxylic acids is 1. The van der Waals surface area contributed by atoms with Gasteiger partial charge in [-0.25, -0.2) is 9.97 Å². The van der Waals surface area contributed by atoms with Gasteiger partial charge in [-0.1, -0.05) is 29.8 Å². The first-order valence-corrected chi connectivity index (χ1v) is 10.1. The Kier molecular flexibility index (Phi) is 4.59. The van der Waals surface area contributed by atoms with Crippen LogP contribution in [0.2, 0.25) is 0 Å². The zero-order valence-corrected chi connectivity index (χ0v) is 16.8. The molecule has 1 atom stereocenters. The number of hydrogen-bond donors (Lipinski definition) is 2. The second-order valence-corrected chi connectivity index (χ2v) is 7.60. The van der Waals surface area contributed by atoms with Crippen LogP contribution in [-0.4, -0.2) is 31.5 Å². The Labute approximate surface area is 177 Å². The number of pyridine rings is 1. The molecule has 0 fully saturated rings. The summed E-state index contributed by atoms with van der Waals surface area (Å²) in [5, 5.41) is 4.89. The second-order valence-electron chi connectivity index (χ2n) is 7.34. The number of nitrogens with zero attached hydrogens (tertiary/aromatic N) is 4. The van der Waals surface area contributed by atoms with Crippen LogP contribution in [0.25, 0.3) is 33.1 Å². The van der Waals surface area contributed by atoms with Gasteiger partial charge >= 0.3 is 0 Å². The first-order chi connectivity index (χ1) is 14.7. The van der Waals surface area contributed by atoms with E-state index < -0.39 is 0 Å². The Morgan fingerprint density at radius 1 is 1.27 bits per heavy atom. The van der Waals surface area contributed by atoms with Crippen LogP contribution >= 0.6 is 11.6 Å². The number of hydrogen-bond acceptors (Lipinski definition) is 5. The molecule has 3 N–H and O–H groups in total. The van der Waals surface area contributed by atoms with Gasteiger partial charge in [0.1, 0.15) is 17.8 Å². The average molecular weight is 419 g/mol. The quantitative estimate of drug-likeness (QED) is 0.497. The summed E-state index contributed by atoms with van der Waals surface area (Å²) in [6.45, 7) is 0.602. The van der Waals surface area contributed by atoms with E-state index in [2.05, 4.69) is 30.9 Å². The molecule has 4 heterocycles. The van der Waals surface area contributed by atoms with Crippen molar-refractivity contribution in [3.05, 3.63) is 60.2 Å². The molecule has 8 heteroatoms. The summed E-state index contributed by atoms with van der Waals surface area (Å²) < 4.78 is 2.14. The third-order valence-electron chi connectivity index (χ3n) is 5.55. The van der Waals surface area contributed by atoms with Crippen molar-refractivity contribution in [3.8, 4) is 11.1 Å². The van der Waals surface area contributed by atoms with Gasteiger partial charge < -0.3 is 15.6 Å². The number of aromatic nitrogens is 4. The maximum Gasteiger partial charge on any atom is 0.245 e. The summed E-state index contributed by atoms with van der Waals surface area (Å²) in [6, 6.07) is 10.1. The average Bonchev–Trinajstić information content (AvgIpc) is 3.09. The van der Waals surface area contributed by atoms with E-state index in [0.29, 0.717) is 12.4 Å². The number of para-hydroxylation sites is 1. The summed E-state index contributed by atoms with van der Waals surface area (Å²) in [4.78, 5) is 25.3. The molecule has 1 aromatic carbocycles. The van der Waals surface area contributed by atoms with Crippen molar-refractivity contribution in [2.45, 2.75) is 25.4 Å². The largest absolute Gasteiger partial charge is 0.383 e. The van der Waals surface area contributed by atoms with Gasteiger partial charge in [-0.2, -0.15) is 0 Å². The lowest BCUT2D eigenvalue weighted by Crippen LogP contribution is -2.40. The SMILES string of the molecule is Nc1ncnc2c1c(-c1cnc3ccccc3c1)c1n2CC(NC(=O)/C=C/Cl)CC1. The van der Waals surface area contributed by atoms with E-state index in [-0.39, 0.29) is 11.9 Å². The van der Waals surface area contributed by atoms with E-state index in [4.69, 9.17) is 17.3 Å². The van der Waals surface area contributed by atoms with E-state index in [1.54, 1.807) is 0 Å². The molecule has 1 amide bonds. The summed E-state index contributed by atoms with van der Waals surface area (Å²) in [6.07, 6.45) is 6.25. The number of anilines is 1. The third kappa shape index (κ3) is 3.07. The number of rotatable bonds is 3. The van der Waals surface area contributed by atoms with Gasteiger partial charge in [0.05, 0.1) is 10.9 Å². The Bertz CT molecular complexity index is 1310. The van der Waals surface area contributed by atoms with Crippen molar-refractivity contribution in [1.82, 2.24) is 24.8 Å². The maximum atomic E-state index is 11.9. The molecule has 5 rings (SSSR count). The molecule has 7 nitrogen and oxygen atoms in total. The van der Waals surface area contributed by atoms with Gasteiger partial charge in [-0.05, 0) is 25.0 Å². The minimum atomic E-state index is -0.206. The molecule has 1 aliphatic rings. The monoisotopic (exact) mass is 418 g/mol. The van der Waals surface area contributed by atoms with Crippen molar-refractivity contribution in [1.29, 1.82) is 0 Å². The fraction of sp³-hybridized carbons (Fsp3) is 0.182. The number of carbonyl (C=O) groups is 1. The Balaban J connectivity index is 1.66. The van der Waals surface area contributed by atoms with E-state index in [9.17, 15) is 4.79 Å². The lowest BCUT2D eigenvalue weighted by molar-refractivity contribution is -0.117. The molecule has 4 aromatic rings. The fourth-order valence-corrected chi connectivity index (χ4v) is 4.38. The highest BCUT2D eigenvalue weighted by Gasteiger charge is 2.28. The van der Waals surface area contributed by atoms with Crippen LogP contribution in [0.3, 0.4) is 0 Å². The van der Waals surface area contributed by atoms with Crippen molar-refractivity contribution >= 4 is 45.3 Å². The van der Waals surface area contributed by atoms with Gasteiger partial charge in [0, 0.05) is 52.6 Å². The summed E-state index contributed by atoms with van der Waals surface area (Å²) >= 11 is 5.52. The van der Waals surface area contributed by atoms with Gasteiger partial charge in [-0.15, -0.1) is 0 Å². The minimum absolute atomic E-state index is 0.0211. The molecule has 1 unspecified atom stereocenters. The Morgan fingerprint density at radius 3 is 3.00 bits per heavy atom. The van der Waals surface area contributed by atoms with Crippen molar-refractivity contribution < 1.29 is 4.79 Å². The zero-order valence-electron chi connectivity index (χ0n) is 16.0. The molecule has 150 valence electrons. The number of fused-ring (bicyclic) bond motifs is 4. The Hall–Kier alpha value is -3.45. The second kappa shape index (κ2) is 7.42. The standard InChI is InChI=1S/C22H19ClN6O/c23-8-7-18(30)28-15-5-6-17-19(14-9-13-3-1-2-4-16(13)25-10-14)20-21(24)26-12-27-22(20)29(17)11-15/h1-4,7-10,12,15H,5-6,11H2,(H,28,30)(H2,24,26,27)/b8-7+. The number of benzene rings is 1. The van der Waals surface area contributed by atoms with Crippen LogP contribution in [0.5, 0.6) is 0 Å². The fourth-order valence-electron chi connectivity index (χ4n) is 4.26. The number of amides is 1. The van der Waals surface area contributed by atoms with E-state index in [1.165, 1.54) is 17.9 Å². The molecular formula is C22H19ClN6O. The van der Waals surface area contributed by atoms with Crippen LogP contribution < -0.4 is 11.1 Å². The van der Waals surface area contributed by atoms with Crippen LogP contribution in [0.1, 0.15) is 12.1 Å². The molecule has 3 aromatic heterocycles. The van der Waals surface area contributed by atoms with Gasteiger partial charge in [-0.3, -0.25) is 9.78 Å². The topological polar surface area (TPSA) is 98.7 Å². The molecular weight excluding hydrogens is 400 g/mol. The van der Waals surface area contributed by atoms with Crippen LogP contribution in [0, 0.1) is 0 Å². The first-order valence-electron chi connectivity index (χ1n) is 9.69. The number of nitrogen functional groups attached to an aromatic ring is 1. The molecule has 0 saturated carbocycles. The zero-order chi connectivity index (χ0) is 20.7. The van der Waals surface area contributed by atoms with Crippen LogP contribution in [-0.2, 0) is 17.8 Å². The molecule has 0 saturated heterocycles. The van der Waals surface area contributed by atoms with Crippen molar-refractivity contribution in [2.75, 3.05) is 5.73 Å². The number of halogens is 1. The van der Waals surface area contributed by atoms with E-state index in [1.807, 2.05) is 30.5 Å². The van der Waals surface area contributed by atoms with Gasteiger partial charge in [0.2, 0.25) is 5.91 Å². The lowest BCUT2D eigenvalue weighted by atomic mass is 9.97. The first kappa shape index (κ1) is 18.6. The lowest BCUT2D eigenvalue weighted by Gasteiger charge is -2.26. The minimum Gasteiger partial charge on any atom is -0.383 e. The molecule has 30 heavy (non-hydrogen) atoms. The predicted molar refractivity (Wildman–Crippen MR) is 118 cm³/mol. The summed E-state index contributed by atoms with van der Waals surface area (Å²) in [5.41, 5.74) is 12.4. The molecule has 1 aliphatic heterocycles. The molecule has 0 aliphatic carbocycles. The van der Waals surface area contributed by atoms with E-state index >= 15 is 0 Å². The van der Waals surface area contributed by atoms with Gasteiger partial charge in [0.25, 0.3) is 0 Å². The smallest absolute Gasteiger partial charge is 0.245 e. The highest BCUT2D eigenvalue weighted by molar-refractivity contribution is 6.26. The Morgan fingerprint density at radius 2 is 2.13 bits per heavy atom. The predicted octanol–water partition coefficient (Wildman–Crippen LogP) is 3.41. The highest BCUT2D eigenvalue weighted by atomic mass is 35.5. The maximum absolute atomic E-state index is 11.9. The number of nitrogens with two attached hydrogens (primary N) is 1. The van der Waals surface area contributed by atoms with Crippen molar-refractivity contribution in [2.24, 2.45) is 0 Å². The van der Waals surface area contributed by atoms with Gasteiger partial charge in [0.15, 0.2) is 0 Å². The highest BCUT2D eigenvalue weighted by Crippen LogP contribution is 2.39. The van der Waals surface area contributed by atoms with Crippen LogP contribution in [0.15, 0.2) is 54.5 Å². The third-order valence-corrected chi connectivity index (χ3v) is 5.68. The number of nitrogens with one attached hydrogen (secondary N) is 1. The summed E-state index contributed by atoms with van der Waals surface area (Å²) in [5.74, 6) is 0.235. The molecule has 0 bridgehead atoms. The summed E-state index contributed by atoms with van der Waals surface area (Å²) in [7, 11) is 0. The van der Waals surface area contributed by atoms with Crippen LogP contribution in [0.4, 0.5) is 5.82 Å².